The van der Waals surface area contributed by atoms with Crippen LogP contribution in [0.4, 0.5) is 4.39 Å². The number of halogens is 1. The number of benzene rings is 1. The standard InChI is InChI=1S/C16H17FO3S/c1-16(20-9-12-5-2-3-6-13(12)17)10-18-15(19-11-16)14-7-4-8-21-14/h2-8,15H,9-11H2,1H3. The van der Waals surface area contributed by atoms with E-state index in [9.17, 15) is 4.39 Å². The quantitative estimate of drug-likeness (QED) is 0.857. The first-order valence-electron chi connectivity index (χ1n) is 6.80. The molecule has 3 nitrogen and oxygen atoms in total. The van der Waals surface area contributed by atoms with Gasteiger partial charge in [0.25, 0.3) is 0 Å². The van der Waals surface area contributed by atoms with E-state index < -0.39 is 5.60 Å². The van der Waals surface area contributed by atoms with Gasteiger partial charge in [-0.1, -0.05) is 24.3 Å². The maximum Gasteiger partial charge on any atom is 0.193 e. The molecule has 0 amide bonds. The number of rotatable bonds is 4. The van der Waals surface area contributed by atoms with Crippen LogP contribution in [0, 0.1) is 5.82 Å². The Hall–Kier alpha value is -1.27. The van der Waals surface area contributed by atoms with Gasteiger partial charge in [-0.15, -0.1) is 11.3 Å². The van der Waals surface area contributed by atoms with Crippen molar-refractivity contribution in [3.05, 3.63) is 58.0 Å². The molecule has 1 saturated heterocycles. The summed E-state index contributed by atoms with van der Waals surface area (Å²) in [6.07, 6.45) is -0.324. The van der Waals surface area contributed by atoms with Gasteiger partial charge in [-0.3, -0.25) is 0 Å². The van der Waals surface area contributed by atoms with Crippen LogP contribution >= 0.6 is 11.3 Å². The molecule has 0 bridgehead atoms. The Morgan fingerprint density at radius 3 is 2.67 bits per heavy atom. The summed E-state index contributed by atoms with van der Waals surface area (Å²) in [5.41, 5.74) is -0.0186. The molecule has 112 valence electrons. The minimum atomic E-state index is -0.559. The normalized spacial score (nSPS) is 25.9. The summed E-state index contributed by atoms with van der Waals surface area (Å²) in [5, 5.41) is 1.99. The molecule has 2 aromatic rings. The molecule has 0 radical (unpaired) electrons. The highest BCUT2D eigenvalue weighted by Crippen LogP contribution is 2.31. The van der Waals surface area contributed by atoms with Crippen molar-refractivity contribution >= 4 is 11.3 Å². The van der Waals surface area contributed by atoms with Gasteiger partial charge in [0.1, 0.15) is 11.4 Å². The van der Waals surface area contributed by atoms with Crippen molar-refractivity contribution < 1.29 is 18.6 Å². The molecule has 0 aliphatic carbocycles. The molecule has 0 unspecified atom stereocenters. The summed E-state index contributed by atoms with van der Waals surface area (Å²) in [6, 6.07) is 10.6. The Bertz CT molecular complexity index is 577. The van der Waals surface area contributed by atoms with Gasteiger partial charge in [0.2, 0.25) is 0 Å². The Labute approximate surface area is 127 Å². The first kappa shape index (κ1) is 14.7. The lowest BCUT2D eigenvalue weighted by atomic mass is 10.1. The molecule has 3 rings (SSSR count). The Balaban J connectivity index is 1.56. The van der Waals surface area contributed by atoms with Crippen molar-refractivity contribution in [2.24, 2.45) is 0 Å². The zero-order valence-corrected chi connectivity index (χ0v) is 12.6. The second-order valence-corrected chi connectivity index (χ2v) is 6.28. The monoisotopic (exact) mass is 308 g/mol. The van der Waals surface area contributed by atoms with Gasteiger partial charge >= 0.3 is 0 Å². The fourth-order valence-electron chi connectivity index (χ4n) is 2.13. The van der Waals surface area contributed by atoms with E-state index in [2.05, 4.69) is 0 Å². The third-order valence-corrected chi connectivity index (χ3v) is 4.28. The van der Waals surface area contributed by atoms with Crippen molar-refractivity contribution in [3.63, 3.8) is 0 Å². The van der Waals surface area contributed by atoms with Crippen LogP contribution in [-0.4, -0.2) is 18.8 Å². The molecule has 0 atom stereocenters. The zero-order chi connectivity index (χ0) is 14.7. The van der Waals surface area contributed by atoms with Crippen LogP contribution < -0.4 is 0 Å². The van der Waals surface area contributed by atoms with Crippen LogP contribution in [0.1, 0.15) is 23.7 Å². The van der Waals surface area contributed by atoms with Gasteiger partial charge in [0.05, 0.1) is 24.7 Å². The van der Waals surface area contributed by atoms with Gasteiger partial charge < -0.3 is 14.2 Å². The lowest BCUT2D eigenvalue weighted by molar-refractivity contribution is -0.266. The van der Waals surface area contributed by atoms with Gasteiger partial charge in [-0.25, -0.2) is 4.39 Å². The smallest absolute Gasteiger partial charge is 0.193 e. The van der Waals surface area contributed by atoms with Crippen LogP contribution in [0.5, 0.6) is 0 Å². The minimum Gasteiger partial charge on any atom is -0.366 e. The molecular formula is C16H17FO3S. The van der Waals surface area contributed by atoms with E-state index in [1.807, 2.05) is 24.4 Å². The molecule has 0 spiro atoms. The van der Waals surface area contributed by atoms with Gasteiger partial charge in [0, 0.05) is 5.56 Å². The van der Waals surface area contributed by atoms with Crippen LogP contribution in [0.3, 0.4) is 0 Å². The maximum atomic E-state index is 13.6. The van der Waals surface area contributed by atoms with E-state index >= 15 is 0 Å². The summed E-state index contributed by atoms with van der Waals surface area (Å²) in [4.78, 5) is 1.05. The highest BCUT2D eigenvalue weighted by molar-refractivity contribution is 7.10. The molecule has 1 aromatic heterocycles. The Kier molecular flexibility index (Phi) is 4.35. The number of hydrogen-bond acceptors (Lipinski definition) is 4. The highest BCUT2D eigenvalue weighted by atomic mass is 32.1. The van der Waals surface area contributed by atoms with Crippen molar-refractivity contribution in [1.82, 2.24) is 0 Å². The maximum absolute atomic E-state index is 13.6. The minimum absolute atomic E-state index is 0.208. The largest absolute Gasteiger partial charge is 0.366 e. The molecule has 0 saturated carbocycles. The lowest BCUT2D eigenvalue weighted by Crippen LogP contribution is -2.44. The summed E-state index contributed by atoms with van der Waals surface area (Å²) in [6.45, 7) is 2.96. The van der Waals surface area contributed by atoms with Crippen LogP contribution in [0.15, 0.2) is 41.8 Å². The second kappa shape index (κ2) is 6.23. The van der Waals surface area contributed by atoms with Crippen molar-refractivity contribution in [2.75, 3.05) is 13.2 Å². The summed E-state index contributed by atoms with van der Waals surface area (Å²) in [5.74, 6) is -0.254. The summed E-state index contributed by atoms with van der Waals surface area (Å²) in [7, 11) is 0. The molecule has 21 heavy (non-hydrogen) atoms. The van der Waals surface area contributed by atoms with E-state index in [0.717, 1.165) is 4.88 Å². The predicted molar refractivity (Wildman–Crippen MR) is 78.6 cm³/mol. The third kappa shape index (κ3) is 3.49. The molecule has 2 heterocycles. The molecule has 1 aromatic carbocycles. The van der Waals surface area contributed by atoms with Crippen LogP contribution in [0.2, 0.25) is 0 Å². The number of ether oxygens (including phenoxy) is 3. The summed E-state index contributed by atoms with van der Waals surface area (Å²) >= 11 is 1.60. The SMILES string of the molecule is CC1(OCc2ccccc2F)COC(c2cccs2)OC1. The Morgan fingerprint density at radius 1 is 1.24 bits per heavy atom. The molecule has 1 aliphatic heterocycles. The van der Waals surface area contributed by atoms with Gasteiger partial charge in [-0.2, -0.15) is 0 Å². The lowest BCUT2D eigenvalue weighted by Gasteiger charge is -2.36. The van der Waals surface area contributed by atoms with Gasteiger partial charge in [-0.05, 0) is 24.4 Å². The third-order valence-electron chi connectivity index (χ3n) is 3.39. The predicted octanol–water partition coefficient (Wildman–Crippen LogP) is 3.91. The molecule has 1 fully saturated rings. The molecular weight excluding hydrogens is 291 g/mol. The van der Waals surface area contributed by atoms with Crippen LogP contribution in [0.25, 0.3) is 0 Å². The van der Waals surface area contributed by atoms with E-state index in [4.69, 9.17) is 14.2 Å². The number of hydrogen-bond donors (Lipinski definition) is 0. The summed E-state index contributed by atoms with van der Waals surface area (Å²) < 4.78 is 30.8. The zero-order valence-electron chi connectivity index (χ0n) is 11.8. The van der Waals surface area contributed by atoms with Crippen molar-refractivity contribution in [2.45, 2.75) is 25.4 Å². The van der Waals surface area contributed by atoms with E-state index in [-0.39, 0.29) is 18.7 Å². The fourth-order valence-corrected chi connectivity index (χ4v) is 2.85. The average Bonchev–Trinajstić information content (AvgIpc) is 3.02. The second-order valence-electron chi connectivity index (χ2n) is 5.30. The highest BCUT2D eigenvalue weighted by Gasteiger charge is 2.34. The first-order chi connectivity index (χ1) is 10.2. The molecule has 5 heteroatoms. The number of thiophene rings is 1. The fraction of sp³-hybridized carbons (Fsp3) is 0.375. The van der Waals surface area contributed by atoms with E-state index in [1.165, 1.54) is 6.07 Å². The average molecular weight is 308 g/mol. The van der Waals surface area contributed by atoms with E-state index in [1.54, 1.807) is 29.5 Å². The Morgan fingerprint density at radius 2 is 2.00 bits per heavy atom. The van der Waals surface area contributed by atoms with E-state index in [0.29, 0.717) is 18.8 Å². The van der Waals surface area contributed by atoms with Gasteiger partial charge in [0.15, 0.2) is 6.29 Å². The first-order valence-corrected chi connectivity index (χ1v) is 7.68. The van der Waals surface area contributed by atoms with Crippen LogP contribution in [-0.2, 0) is 20.8 Å². The molecule has 0 N–H and O–H groups in total. The molecule has 1 aliphatic rings. The van der Waals surface area contributed by atoms with Crippen molar-refractivity contribution in [3.8, 4) is 0 Å². The van der Waals surface area contributed by atoms with Crippen molar-refractivity contribution in [1.29, 1.82) is 0 Å². The topological polar surface area (TPSA) is 27.7 Å².